The molecule has 0 aromatic rings. The van der Waals surface area contributed by atoms with Crippen LogP contribution < -0.4 is 5.32 Å². The first-order valence-electron chi connectivity index (χ1n) is 6.26. The van der Waals surface area contributed by atoms with Crippen molar-refractivity contribution in [1.82, 2.24) is 5.32 Å². The fraction of sp³-hybridized carbons (Fsp3) is 0.750. The Balaban J connectivity index is 2.45. The van der Waals surface area contributed by atoms with Gasteiger partial charge >= 0.3 is 11.9 Å². The molecule has 2 unspecified atom stereocenters. The zero-order valence-corrected chi connectivity index (χ0v) is 11.7. The molecule has 0 bridgehead atoms. The molecule has 1 aliphatic rings. The first-order chi connectivity index (χ1) is 9.04. The first-order valence-corrected chi connectivity index (χ1v) is 7.31. The van der Waals surface area contributed by atoms with Gasteiger partial charge in [0.05, 0.1) is 12.4 Å². The molecule has 7 heteroatoms. The van der Waals surface area contributed by atoms with Crippen LogP contribution in [0.4, 0.5) is 0 Å². The quantitative estimate of drug-likeness (QED) is 0.702. The molecule has 1 saturated heterocycles. The van der Waals surface area contributed by atoms with Gasteiger partial charge in [0.2, 0.25) is 5.91 Å². The number of carboxylic acid groups (broad SMARTS) is 1. The van der Waals surface area contributed by atoms with Gasteiger partial charge in [0, 0.05) is 6.42 Å². The van der Waals surface area contributed by atoms with E-state index in [2.05, 4.69) is 10.1 Å². The summed E-state index contributed by atoms with van der Waals surface area (Å²) in [4.78, 5) is 34.0. The van der Waals surface area contributed by atoms with Crippen molar-refractivity contribution in [3.05, 3.63) is 0 Å². The number of aliphatic carboxylic acids is 1. The maximum absolute atomic E-state index is 11.9. The normalized spacial score (nSPS) is 20.4. The van der Waals surface area contributed by atoms with Gasteiger partial charge in [0.25, 0.3) is 0 Å². The molecule has 1 fully saturated rings. The number of amides is 1. The Hall–Kier alpha value is -1.24. The van der Waals surface area contributed by atoms with Crippen molar-refractivity contribution >= 4 is 29.6 Å². The van der Waals surface area contributed by atoms with Gasteiger partial charge in [0.15, 0.2) is 0 Å². The summed E-state index contributed by atoms with van der Waals surface area (Å²) in [6.07, 6.45) is 2.89. The number of carboxylic acids is 1. The second-order valence-electron chi connectivity index (χ2n) is 4.37. The lowest BCUT2D eigenvalue weighted by atomic mass is 10.1. The maximum atomic E-state index is 11.9. The van der Waals surface area contributed by atoms with Crippen molar-refractivity contribution in [1.29, 1.82) is 0 Å². The van der Waals surface area contributed by atoms with Crippen LogP contribution in [-0.4, -0.2) is 47.1 Å². The highest BCUT2D eigenvalue weighted by Crippen LogP contribution is 2.25. The molecular weight excluding hydrogens is 270 g/mol. The average Bonchev–Trinajstić information content (AvgIpc) is 2.43. The molecule has 0 radical (unpaired) electrons. The molecule has 1 aliphatic heterocycles. The summed E-state index contributed by atoms with van der Waals surface area (Å²) >= 11 is 1.56. The Morgan fingerprint density at radius 1 is 1.42 bits per heavy atom. The van der Waals surface area contributed by atoms with E-state index in [9.17, 15) is 14.4 Å². The maximum Gasteiger partial charge on any atom is 0.326 e. The number of carbonyl (C=O) groups is 3. The molecule has 0 saturated carbocycles. The molecule has 19 heavy (non-hydrogen) atoms. The Morgan fingerprint density at radius 3 is 2.68 bits per heavy atom. The van der Waals surface area contributed by atoms with Crippen LogP contribution in [0, 0.1) is 0 Å². The number of hydrogen-bond donors (Lipinski definition) is 2. The van der Waals surface area contributed by atoms with Crippen LogP contribution in [0.25, 0.3) is 0 Å². The molecule has 0 aromatic carbocycles. The van der Waals surface area contributed by atoms with Crippen LogP contribution in [-0.2, 0) is 19.1 Å². The fourth-order valence-electron chi connectivity index (χ4n) is 1.83. The Bertz CT molecular complexity index is 341. The summed E-state index contributed by atoms with van der Waals surface area (Å²) in [5.74, 6) is -0.926. The molecule has 108 valence electrons. The lowest BCUT2D eigenvalue weighted by molar-refractivity contribution is -0.144. The molecule has 1 heterocycles. The largest absolute Gasteiger partial charge is 0.480 e. The minimum atomic E-state index is -1.13. The number of thioether (sulfide) groups is 1. The molecule has 1 rings (SSSR count). The Morgan fingerprint density at radius 2 is 2.16 bits per heavy atom. The number of ether oxygens (including phenoxy) is 1. The number of rotatable bonds is 6. The van der Waals surface area contributed by atoms with E-state index < -0.39 is 18.0 Å². The van der Waals surface area contributed by atoms with Gasteiger partial charge in [-0.3, -0.25) is 9.59 Å². The number of nitrogens with one attached hydrogen (secondary N) is 1. The Kier molecular flexibility index (Phi) is 6.69. The second kappa shape index (κ2) is 8.04. The van der Waals surface area contributed by atoms with Crippen LogP contribution in [0.15, 0.2) is 0 Å². The number of methoxy groups -OCH3 is 1. The predicted octanol–water partition coefficient (Wildman–Crippen LogP) is 0.795. The molecule has 1 amide bonds. The minimum absolute atomic E-state index is 0.0223. The van der Waals surface area contributed by atoms with Crippen molar-refractivity contribution in [2.45, 2.75) is 43.4 Å². The van der Waals surface area contributed by atoms with Crippen molar-refractivity contribution in [2.75, 3.05) is 12.9 Å². The molecule has 2 N–H and O–H groups in total. The van der Waals surface area contributed by atoms with Crippen molar-refractivity contribution in [3.8, 4) is 0 Å². The summed E-state index contributed by atoms with van der Waals surface area (Å²) in [5, 5.41) is 11.4. The summed E-state index contributed by atoms with van der Waals surface area (Å²) in [6, 6.07) is -1.03. The third kappa shape index (κ3) is 5.50. The zero-order valence-electron chi connectivity index (χ0n) is 10.9. The highest BCUT2D eigenvalue weighted by atomic mass is 32.2. The monoisotopic (exact) mass is 289 g/mol. The van der Waals surface area contributed by atoms with Gasteiger partial charge in [-0.2, -0.15) is 0 Å². The second-order valence-corrected chi connectivity index (χ2v) is 5.68. The van der Waals surface area contributed by atoms with E-state index in [0.29, 0.717) is 0 Å². The molecule has 0 aliphatic carbocycles. The van der Waals surface area contributed by atoms with Crippen molar-refractivity contribution in [2.24, 2.45) is 0 Å². The summed E-state index contributed by atoms with van der Waals surface area (Å²) < 4.78 is 4.45. The highest BCUT2D eigenvalue weighted by Gasteiger charge is 2.27. The Labute approximate surface area is 116 Å². The number of hydrogen-bond acceptors (Lipinski definition) is 5. The van der Waals surface area contributed by atoms with Gasteiger partial charge in [-0.25, -0.2) is 4.79 Å². The van der Waals surface area contributed by atoms with Crippen LogP contribution >= 0.6 is 11.8 Å². The van der Waals surface area contributed by atoms with E-state index in [-0.39, 0.29) is 24.0 Å². The van der Waals surface area contributed by atoms with E-state index in [1.54, 1.807) is 11.8 Å². The van der Waals surface area contributed by atoms with Crippen LogP contribution in [0.3, 0.4) is 0 Å². The minimum Gasteiger partial charge on any atom is -0.480 e. The zero-order chi connectivity index (χ0) is 14.3. The molecule has 2 atom stereocenters. The number of esters is 1. The predicted molar refractivity (Wildman–Crippen MR) is 70.9 cm³/mol. The van der Waals surface area contributed by atoms with Crippen LogP contribution in [0.2, 0.25) is 0 Å². The van der Waals surface area contributed by atoms with E-state index in [4.69, 9.17) is 5.11 Å². The lowest BCUT2D eigenvalue weighted by Gasteiger charge is -2.22. The van der Waals surface area contributed by atoms with E-state index in [1.165, 1.54) is 7.11 Å². The topological polar surface area (TPSA) is 92.7 Å². The van der Waals surface area contributed by atoms with E-state index in [1.807, 2.05) is 0 Å². The van der Waals surface area contributed by atoms with Gasteiger partial charge in [-0.05, 0) is 25.0 Å². The molecule has 0 aromatic heterocycles. The third-order valence-electron chi connectivity index (χ3n) is 2.95. The van der Waals surface area contributed by atoms with Gasteiger partial charge < -0.3 is 15.2 Å². The molecule has 0 spiro atoms. The van der Waals surface area contributed by atoms with Crippen LogP contribution in [0.1, 0.15) is 32.1 Å². The highest BCUT2D eigenvalue weighted by molar-refractivity contribution is 8.00. The average molecular weight is 289 g/mol. The lowest BCUT2D eigenvalue weighted by Crippen LogP contribution is -2.45. The SMILES string of the molecule is COC(=O)CCC(NC(=O)C1CCCCS1)C(=O)O. The van der Waals surface area contributed by atoms with Gasteiger partial charge in [-0.1, -0.05) is 6.42 Å². The fourth-order valence-corrected chi connectivity index (χ4v) is 3.04. The van der Waals surface area contributed by atoms with Crippen molar-refractivity contribution in [3.63, 3.8) is 0 Å². The van der Waals surface area contributed by atoms with E-state index >= 15 is 0 Å². The van der Waals surface area contributed by atoms with Crippen LogP contribution in [0.5, 0.6) is 0 Å². The number of carbonyl (C=O) groups excluding carboxylic acids is 2. The van der Waals surface area contributed by atoms with E-state index in [0.717, 1.165) is 25.0 Å². The molecular formula is C12H19NO5S. The first kappa shape index (κ1) is 15.8. The summed E-state index contributed by atoms with van der Waals surface area (Å²) in [7, 11) is 1.25. The van der Waals surface area contributed by atoms with Gasteiger partial charge in [-0.15, -0.1) is 11.8 Å². The third-order valence-corrected chi connectivity index (χ3v) is 4.33. The standard InChI is InChI=1S/C12H19NO5S/c1-18-10(14)6-5-8(12(16)17)13-11(15)9-4-2-3-7-19-9/h8-9H,2-7H2,1H3,(H,13,15)(H,16,17). The van der Waals surface area contributed by atoms with Crippen molar-refractivity contribution < 1.29 is 24.2 Å². The van der Waals surface area contributed by atoms with Gasteiger partial charge in [0.1, 0.15) is 6.04 Å². The smallest absolute Gasteiger partial charge is 0.326 e. The summed E-state index contributed by atoms with van der Waals surface area (Å²) in [5.41, 5.74) is 0. The summed E-state index contributed by atoms with van der Waals surface area (Å²) in [6.45, 7) is 0. The molecule has 6 nitrogen and oxygen atoms in total.